The molecule has 74 valence electrons. The Morgan fingerprint density at radius 1 is 1.36 bits per heavy atom. The molecule has 0 aromatic heterocycles. The molecular formula is C12H15NO. The molecule has 0 radical (unpaired) electrons. The van der Waals surface area contributed by atoms with E-state index in [9.17, 15) is 5.11 Å². The van der Waals surface area contributed by atoms with Crippen LogP contribution in [0.2, 0.25) is 0 Å². The monoisotopic (exact) mass is 189 g/mol. The van der Waals surface area contributed by atoms with Crippen molar-refractivity contribution >= 4 is 0 Å². The highest BCUT2D eigenvalue weighted by Gasteiger charge is 2.47. The van der Waals surface area contributed by atoms with E-state index in [2.05, 4.69) is 29.2 Å². The van der Waals surface area contributed by atoms with Crippen LogP contribution in [0, 0.1) is 0 Å². The van der Waals surface area contributed by atoms with Gasteiger partial charge in [-0.3, -0.25) is 4.90 Å². The maximum Gasteiger partial charge on any atom is 0.0700 e. The van der Waals surface area contributed by atoms with Crippen LogP contribution in [0.25, 0.3) is 0 Å². The second-order valence-electron chi connectivity index (χ2n) is 4.37. The third kappa shape index (κ3) is 0.877. The Morgan fingerprint density at radius 3 is 3.07 bits per heavy atom. The van der Waals surface area contributed by atoms with Crippen LogP contribution in [-0.2, 0) is 12.1 Å². The number of aliphatic hydroxyl groups is 1. The topological polar surface area (TPSA) is 23.5 Å². The van der Waals surface area contributed by atoms with E-state index in [-0.39, 0.29) is 12.1 Å². The van der Waals surface area contributed by atoms with E-state index >= 15 is 0 Å². The van der Waals surface area contributed by atoms with Crippen LogP contribution in [0.1, 0.15) is 24.0 Å². The fourth-order valence-electron chi connectivity index (χ4n) is 3.05. The van der Waals surface area contributed by atoms with E-state index in [4.69, 9.17) is 0 Å². The molecule has 2 aliphatic rings. The summed E-state index contributed by atoms with van der Waals surface area (Å²) >= 11 is 0. The molecule has 2 nitrogen and oxygen atoms in total. The zero-order valence-electron chi connectivity index (χ0n) is 8.24. The third-order valence-corrected chi connectivity index (χ3v) is 3.77. The van der Waals surface area contributed by atoms with Crippen molar-refractivity contribution in [3.8, 4) is 0 Å². The predicted octanol–water partition coefficient (Wildman–Crippen LogP) is 1.48. The highest BCUT2D eigenvalue weighted by atomic mass is 16.3. The summed E-state index contributed by atoms with van der Waals surface area (Å²) in [5, 5.41) is 9.63. The summed E-state index contributed by atoms with van der Waals surface area (Å²) in [7, 11) is 0. The Morgan fingerprint density at radius 2 is 2.21 bits per heavy atom. The smallest absolute Gasteiger partial charge is 0.0700 e. The molecule has 3 rings (SSSR count). The van der Waals surface area contributed by atoms with Gasteiger partial charge in [0.25, 0.3) is 0 Å². The number of nitrogens with zero attached hydrogens (tertiary/aromatic N) is 1. The van der Waals surface area contributed by atoms with E-state index in [0.717, 1.165) is 19.5 Å². The molecule has 0 bridgehead atoms. The van der Waals surface area contributed by atoms with Crippen molar-refractivity contribution in [3.05, 3.63) is 35.4 Å². The molecule has 14 heavy (non-hydrogen) atoms. The summed E-state index contributed by atoms with van der Waals surface area (Å²) in [6.45, 7) is 2.43. The summed E-state index contributed by atoms with van der Waals surface area (Å²) in [5.41, 5.74) is 2.73. The second kappa shape index (κ2) is 2.81. The molecule has 1 saturated heterocycles. The average molecular weight is 189 g/mol. The van der Waals surface area contributed by atoms with Crippen molar-refractivity contribution in [2.75, 3.05) is 13.2 Å². The van der Waals surface area contributed by atoms with Crippen molar-refractivity contribution in [2.24, 2.45) is 0 Å². The Balaban J connectivity index is 2.15. The van der Waals surface area contributed by atoms with Crippen molar-refractivity contribution < 1.29 is 5.11 Å². The molecular weight excluding hydrogens is 174 g/mol. The van der Waals surface area contributed by atoms with Crippen LogP contribution in [0.4, 0.5) is 0 Å². The first-order chi connectivity index (χ1) is 6.87. The van der Waals surface area contributed by atoms with Gasteiger partial charge in [-0.1, -0.05) is 24.3 Å². The Hall–Kier alpha value is -0.860. The van der Waals surface area contributed by atoms with Gasteiger partial charge in [0.15, 0.2) is 0 Å². The molecule has 1 N–H and O–H groups in total. The molecule has 1 aromatic rings. The standard InChI is InChI=1S/C12H15NO/c14-9-12-6-3-7-13(12)8-10-4-1-2-5-11(10)12/h1-2,4-5,14H,3,6-9H2/t12-/m0/s1. The summed E-state index contributed by atoms with van der Waals surface area (Å²) in [6.07, 6.45) is 2.33. The highest BCUT2D eigenvalue weighted by molar-refractivity contribution is 5.39. The number of benzene rings is 1. The number of hydrogen-bond donors (Lipinski definition) is 1. The van der Waals surface area contributed by atoms with Crippen molar-refractivity contribution in [1.29, 1.82) is 0 Å². The minimum absolute atomic E-state index is 0.0312. The van der Waals surface area contributed by atoms with E-state index in [1.807, 2.05) is 0 Å². The summed E-state index contributed by atoms with van der Waals surface area (Å²) in [4.78, 5) is 2.43. The minimum atomic E-state index is -0.0312. The number of aliphatic hydroxyl groups excluding tert-OH is 1. The van der Waals surface area contributed by atoms with Gasteiger partial charge in [0.05, 0.1) is 12.1 Å². The van der Waals surface area contributed by atoms with Crippen LogP contribution < -0.4 is 0 Å². The average Bonchev–Trinajstić information content (AvgIpc) is 2.73. The highest BCUT2D eigenvalue weighted by Crippen LogP contribution is 2.45. The summed E-state index contributed by atoms with van der Waals surface area (Å²) in [6, 6.07) is 8.53. The molecule has 1 aromatic carbocycles. The maximum absolute atomic E-state index is 9.63. The van der Waals surface area contributed by atoms with E-state index < -0.39 is 0 Å². The van der Waals surface area contributed by atoms with Gasteiger partial charge in [0.2, 0.25) is 0 Å². The third-order valence-electron chi connectivity index (χ3n) is 3.77. The molecule has 2 aliphatic heterocycles. The normalized spacial score (nSPS) is 30.4. The molecule has 0 aliphatic carbocycles. The first kappa shape index (κ1) is 8.45. The lowest BCUT2D eigenvalue weighted by atomic mass is 9.89. The largest absolute Gasteiger partial charge is 0.394 e. The van der Waals surface area contributed by atoms with Crippen LogP contribution in [0.5, 0.6) is 0 Å². The lowest BCUT2D eigenvalue weighted by molar-refractivity contribution is 0.0752. The van der Waals surface area contributed by atoms with E-state index in [0.29, 0.717) is 0 Å². The zero-order chi connectivity index (χ0) is 9.60. The van der Waals surface area contributed by atoms with E-state index in [1.54, 1.807) is 0 Å². The van der Waals surface area contributed by atoms with Crippen molar-refractivity contribution in [3.63, 3.8) is 0 Å². The van der Waals surface area contributed by atoms with Gasteiger partial charge >= 0.3 is 0 Å². The number of hydrogen-bond acceptors (Lipinski definition) is 2. The predicted molar refractivity (Wildman–Crippen MR) is 54.8 cm³/mol. The fourth-order valence-corrected chi connectivity index (χ4v) is 3.05. The lowest BCUT2D eigenvalue weighted by Crippen LogP contribution is -2.38. The molecule has 0 spiro atoms. The number of fused-ring (bicyclic) bond motifs is 3. The van der Waals surface area contributed by atoms with Gasteiger partial charge in [-0.05, 0) is 30.5 Å². The molecule has 1 fully saturated rings. The SMILES string of the molecule is OC[C@]12CCCN1Cc1ccccc12. The van der Waals surface area contributed by atoms with Gasteiger partial charge in [0, 0.05) is 6.54 Å². The van der Waals surface area contributed by atoms with Gasteiger partial charge < -0.3 is 5.11 Å². The van der Waals surface area contributed by atoms with Crippen LogP contribution >= 0.6 is 0 Å². The first-order valence-electron chi connectivity index (χ1n) is 5.31. The molecule has 2 heterocycles. The molecule has 0 saturated carbocycles. The number of rotatable bonds is 1. The van der Waals surface area contributed by atoms with Crippen LogP contribution in [0.3, 0.4) is 0 Å². The van der Waals surface area contributed by atoms with Crippen molar-refractivity contribution in [2.45, 2.75) is 24.9 Å². The quantitative estimate of drug-likeness (QED) is 0.723. The minimum Gasteiger partial charge on any atom is -0.394 e. The second-order valence-corrected chi connectivity index (χ2v) is 4.37. The Labute approximate surface area is 84.2 Å². The first-order valence-corrected chi connectivity index (χ1v) is 5.31. The molecule has 1 atom stereocenters. The van der Waals surface area contributed by atoms with Gasteiger partial charge in [-0.25, -0.2) is 0 Å². The summed E-state index contributed by atoms with van der Waals surface area (Å²) < 4.78 is 0. The van der Waals surface area contributed by atoms with Crippen molar-refractivity contribution in [1.82, 2.24) is 4.90 Å². The fraction of sp³-hybridized carbons (Fsp3) is 0.500. The van der Waals surface area contributed by atoms with Gasteiger partial charge in [-0.2, -0.15) is 0 Å². The Kier molecular flexibility index (Phi) is 1.70. The lowest BCUT2D eigenvalue weighted by Gasteiger charge is -2.30. The zero-order valence-corrected chi connectivity index (χ0v) is 8.24. The molecule has 2 heteroatoms. The van der Waals surface area contributed by atoms with Gasteiger partial charge in [0.1, 0.15) is 0 Å². The maximum atomic E-state index is 9.63. The van der Waals surface area contributed by atoms with Crippen LogP contribution in [-0.4, -0.2) is 23.2 Å². The molecule has 0 amide bonds. The van der Waals surface area contributed by atoms with Gasteiger partial charge in [-0.15, -0.1) is 0 Å². The Bertz CT molecular complexity index is 363. The summed E-state index contributed by atoms with van der Waals surface area (Å²) in [5.74, 6) is 0. The molecule has 0 unspecified atom stereocenters. The van der Waals surface area contributed by atoms with Crippen LogP contribution in [0.15, 0.2) is 24.3 Å². The van der Waals surface area contributed by atoms with E-state index in [1.165, 1.54) is 17.5 Å².